The van der Waals surface area contributed by atoms with Gasteiger partial charge in [0.1, 0.15) is 0 Å². The Morgan fingerprint density at radius 1 is 1.23 bits per heavy atom. The molecule has 2 aromatic rings. The van der Waals surface area contributed by atoms with Gasteiger partial charge < -0.3 is 10.6 Å². The summed E-state index contributed by atoms with van der Waals surface area (Å²) in [5.74, 6) is 0.243. The molecular weight excluding hydrogens is 483 g/mol. The lowest BCUT2D eigenvalue weighted by Crippen LogP contribution is -2.35. The van der Waals surface area contributed by atoms with Crippen LogP contribution in [0.1, 0.15) is 33.2 Å². The molecule has 0 spiro atoms. The van der Waals surface area contributed by atoms with Crippen LogP contribution in [0.3, 0.4) is 0 Å². The summed E-state index contributed by atoms with van der Waals surface area (Å²) in [5.41, 5.74) is 2.27. The van der Waals surface area contributed by atoms with Crippen molar-refractivity contribution in [3.63, 3.8) is 0 Å². The first-order valence-corrected chi connectivity index (χ1v) is 10.8. The van der Waals surface area contributed by atoms with Gasteiger partial charge in [-0.15, -0.1) is 0 Å². The van der Waals surface area contributed by atoms with Gasteiger partial charge in [0.25, 0.3) is 11.8 Å². The Labute approximate surface area is 176 Å². The Balaban J connectivity index is 2.30. The Hall–Kier alpha value is -1.25. The van der Waals surface area contributed by atoms with E-state index in [-0.39, 0.29) is 17.9 Å². The molecule has 0 aliphatic carbocycles. The summed E-state index contributed by atoms with van der Waals surface area (Å²) < 4.78 is 0.719. The molecule has 2 N–H and O–H groups in total. The number of halogens is 2. The van der Waals surface area contributed by atoms with Gasteiger partial charge in [0.15, 0.2) is 0 Å². The normalized spacial score (nSPS) is 11.7. The third-order valence-electron chi connectivity index (χ3n) is 3.72. The quantitative estimate of drug-likeness (QED) is 0.548. The minimum Gasteiger partial charge on any atom is -0.349 e. The summed E-state index contributed by atoms with van der Waals surface area (Å²) >= 11 is 9.70. The molecule has 0 aliphatic rings. The van der Waals surface area contributed by atoms with Crippen LogP contribution in [0, 0.1) is 10.5 Å². The molecule has 0 saturated heterocycles. The van der Waals surface area contributed by atoms with E-state index < -0.39 is 0 Å². The van der Waals surface area contributed by atoms with E-state index in [1.807, 2.05) is 26.2 Å². The number of nitrogens with one attached hydrogen (secondary N) is 2. The van der Waals surface area contributed by atoms with E-state index in [2.05, 4.69) is 33.2 Å². The molecule has 0 radical (unpaired) electrons. The maximum Gasteiger partial charge on any atom is 0.257 e. The predicted molar refractivity (Wildman–Crippen MR) is 119 cm³/mol. The summed E-state index contributed by atoms with van der Waals surface area (Å²) in [6.07, 6.45) is 1.99. The molecular formula is C19H20ClIN2O2S. The van der Waals surface area contributed by atoms with Crippen molar-refractivity contribution >= 4 is 63.5 Å². The van der Waals surface area contributed by atoms with Crippen molar-refractivity contribution < 1.29 is 9.59 Å². The zero-order chi connectivity index (χ0) is 19.3. The summed E-state index contributed by atoms with van der Waals surface area (Å²) in [6, 6.07) is 10.5. The summed E-state index contributed by atoms with van der Waals surface area (Å²) in [6.45, 7) is 3.81. The van der Waals surface area contributed by atoms with Crippen molar-refractivity contribution in [1.29, 1.82) is 0 Å². The lowest BCUT2D eigenvalue weighted by atomic mass is 10.1. The first-order valence-electron chi connectivity index (χ1n) is 7.99. The molecule has 0 aliphatic heterocycles. The lowest BCUT2D eigenvalue weighted by Gasteiger charge is -2.16. The third-order valence-corrected chi connectivity index (χ3v) is 5.68. The van der Waals surface area contributed by atoms with Crippen LogP contribution < -0.4 is 10.6 Å². The fourth-order valence-corrected chi connectivity index (χ4v) is 4.04. The van der Waals surface area contributed by atoms with Crippen LogP contribution in [0.4, 0.5) is 5.69 Å². The Bertz CT molecular complexity index is 829. The topological polar surface area (TPSA) is 58.2 Å². The van der Waals surface area contributed by atoms with E-state index >= 15 is 0 Å². The van der Waals surface area contributed by atoms with Gasteiger partial charge in [-0.1, -0.05) is 17.7 Å². The minimum atomic E-state index is -0.317. The molecule has 2 aromatic carbocycles. The second kappa shape index (κ2) is 9.62. The van der Waals surface area contributed by atoms with Crippen LogP contribution in [0.2, 0.25) is 5.02 Å². The van der Waals surface area contributed by atoms with Crippen molar-refractivity contribution in [3.8, 4) is 0 Å². The summed E-state index contributed by atoms with van der Waals surface area (Å²) in [4.78, 5) is 25.5. The number of aryl methyl sites for hydroxylation is 1. The molecule has 2 amide bonds. The largest absolute Gasteiger partial charge is 0.349 e. The molecule has 138 valence electrons. The minimum absolute atomic E-state index is 0.0183. The zero-order valence-electron chi connectivity index (χ0n) is 14.7. The number of hydrogen-bond acceptors (Lipinski definition) is 3. The first-order chi connectivity index (χ1) is 12.3. The molecule has 0 saturated carbocycles. The van der Waals surface area contributed by atoms with Crippen molar-refractivity contribution in [2.75, 3.05) is 17.3 Å². The molecule has 0 heterocycles. The van der Waals surface area contributed by atoms with E-state index in [1.165, 1.54) is 0 Å². The molecule has 0 fully saturated rings. The summed E-state index contributed by atoms with van der Waals surface area (Å²) in [5, 5.41) is 6.43. The third kappa shape index (κ3) is 5.37. The molecule has 7 heteroatoms. The van der Waals surface area contributed by atoms with Crippen LogP contribution in [-0.2, 0) is 0 Å². The van der Waals surface area contributed by atoms with Crippen molar-refractivity contribution in [2.24, 2.45) is 0 Å². The average molecular weight is 503 g/mol. The fourth-order valence-electron chi connectivity index (χ4n) is 2.49. The van der Waals surface area contributed by atoms with Gasteiger partial charge in [0.2, 0.25) is 0 Å². The molecule has 0 bridgehead atoms. The van der Waals surface area contributed by atoms with E-state index in [0.717, 1.165) is 14.9 Å². The van der Waals surface area contributed by atoms with E-state index in [1.54, 1.807) is 42.1 Å². The molecule has 4 nitrogen and oxygen atoms in total. The highest BCUT2D eigenvalue weighted by molar-refractivity contribution is 14.1. The maximum atomic E-state index is 12.9. The molecule has 1 atom stereocenters. The number of anilines is 1. The smallest absolute Gasteiger partial charge is 0.257 e. The van der Waals surface area contributed by atoms with Gasteiger partial charge in [-0.25, -0.2) is 0 Å². The molecule has 2 rings (SSSR count). The fraction of sp³-hybridized carbons (Fsp3) is 0.263. The average Bonchev–Trinajstić information content (AvgIpc) is 2.57. The number of benzene rings is 2. The van der Waals surface area contributed by atoms with Crippen molar-refractivity contribution in [1.82, 2.24) is 5.32 Å². The molecule has 0 aromatic heterocycles. The second-order valence-electron chi connectivity index (χ2n) is 5.91. The van der Waals surface area contributed by atoms with Gasteiger partial charge in [-0.05, 0) is 78.6 Å². The SMILES string of the molecule is CSCC(C)NC(=O)c1cccc(I)c1C(=O)Nc1ccc(Cl)cc1C. The summed E-state index contributed by atoms with van der Waals surface area (Å²) in [7, 11) is 0. The Morgan fingerprint density at radius 3 is 2.62 bits per heavy atom. The van der Waals surface area contributed by atoms with Crippen LogP contribution in [-0.4, -0.2) is 29.9 Å². The van der Waals surface area contributed by atoms with Crippen molar-refractivity contribution in [3.05, 3.63) is 61.7 Å². The Kier molecular flexibility index (Phi) is 7.79. The number of hydrogen-bond donors (Lipinski definition) is 2. The van der Waals surface area contributed by atoms with Gasteiger partial charge in [0.05, 0.1) is 11.1 Å². The highest BCUT2D eigenvalue weighted by Crippen LogP contribution is 2.23. The number of rotatable bonds is 6. The zero-order valence-corrected chi connectivity index (χ0v) is 18.5. The first kappa shape index (κ1) is 21.1. The van der Waals surface area contributed by atoms with Crippen LogP contribution in [0.15, 0.2) is 36.4 Å². The van der Waals surface area contributed by atoms with Crippen molar-refractivity contribution in [2.45, 2.75) is 19.9 Å². The van der Waals surface area contributed by atoms with Gasteiger partial charge in [0, 0.05) is 26.1 Å². The monoisotopic (exact) mass is 502 g/mol. The number of amides is 2. The number of carbonyl (C=O) groups is 2. The highest BCUT2D eigenvalue weighted by Gasteiger charge is 2.21. The number of thioether (sulfide) groups is 1. The molecule has 26 heavy (non-hydrogen) atoms. The van der Waals surface area contributed by atoms with Gasteiger partial charge >= 0.3 is 0 Å². The number of carbonyl (C=O) groups excluding carboxylic acids is 2. The molecule has 1 unspecified atom stereocenters. The highest BCUT2D eigenvalue weighted by atomic mass is 127. The second-order valence-corrected chi connectivity index (χ2v) is 8.41. The van der Waals surface area contributed by atoms with Gasteiger partial charge in [-0.2, -0.15) is 11.8 Å². The van der Waals surface area contributed by atoms with Crippen LogP contribution in [0.25, 0.3) is 0 Å². The lowest BCUT2D eigenvalue weighted by molar-refractivity contribution is 0.0931. The van der Waals surface area contributed by atoms with E-state index in [9.17, 15) is 9.59 Å². The maximum absolute atomic E-state index is 12.9. The Morgan fingerprint density at radius 2 is 1.96 bits per heavy atom. The van der Waals surface area contributed by atoms with Crippen LogP contribution in [0.5, 0.6) is 0 Å². The van der Waals surface area contributed by atoms with Crippen LogP contribution >= 0.6 is 46.0 Å². The predicted octanol–water partition coefficient (Wildman–Crippen LogP) is 4.99. The van der Waals surface area contributed by atoms with Gasteiger partial charge in [-0.3, -0.25) is 9.59 Å². The standard InChI is InChI=1S/C19H20ClIN2O2S/c1-11-9-13(20)7-8-16(11)23-19(25)17-14(5-4-6-15(17)21)18(24)22-12(2)10-26-3/h4-9,12H,10H2,1-3H3,(H,22,24)(H,23,25). The van der Waals surface area contributed by atoms with E-state index in [4.69, 9.17) is 11.6 Å². The van der Waals surface area contributed by atoms with E-state index in [0.29, 0.717) is 21.8 Å².